The molecule has 2 rings (SSSR count). The quantitative estimate of drug-likeness (QED) is 0.475. The average molecular weight is 460 g/mol. The van der Waals surface area contributed by atoms with Gasteiger partial charge in [-0.1, -0.05) is 0 Å². The minimum atomic E-state index is -3.75. The number of esters is 1. The van der Waals surface area contributed by atoms with E-state index in [-0.39, 0.29) is 23.7 Å². The fraction of sp³-hybridized carbons (Fsp3) is 0.235. The molecule has 0 aliphatic heterocycles. The highest BCUT2D eigenvalue weighted by molar-refractivity contribution is 9.10. The van der Waals surface area contributed by atoms with Crippen molar-refractivity contribution in [3.8, 4) is 17.2 Å². The van der Waals surface area contributed by atoms with Crippen LogP contribution in [0.5, 0.6) is 17.2 Å². The lowest BCUT2D eigenvalue weighted by atomic mass is 10.2. The molecule has 0 heterocycles. The number of nitrogens with two attached hydrogens (primary N) is 1. The van der Waals surface area contributed by atoms with Crippen LogP contribution < -0.4 is 19.3 Å². The number of hydrogen-bond acceptors (Lipinski definition) is 7. The molecule has 27 heavy (non-hydrogen) atoms. The lowest BCUT2D eigenvalue weighted by Gasteiger charge is -2.12. The van der Waals surface area contributed by atoms with E-state index in [0.717, 1.165) is 0 Å². The van der Waals surface area contributed by atoms with E-state index >= 15 is 0 Å². The number of halogens is 1. The number of carbonyl (C=O) groups excluding carboxylic acids is 1. The molecule has 2 aromatic rings. The van der Waals surface area contributed by atoms with E-state index in [0.29, 0.717) is 21.7 Å². The Morgan fingerprint density at radius 2 is 1.59 bits per heavy atom. The van der Waals surface area contributed by atoms with Gasteiger partial charge >= 0.3 is 5.97 Å². The largest absolute Gasteiger partial charge is 0.495 e. The molecule has 2 N–H and O–H groups in total. The summed E-state index contributed by atoms with van der Waals surface area (Å²) in [6, 6.07) is 8.65. The maximum Gasteiger partial charge on any atom is 0.338 e. The number of hydrogen-bond donors (Lipinski definition) is 1. The van der Waals surface area contributed by atoms with Crippen molar-refractivity contribution >= 4 is 31.9 Å². The molecule has 0 amide bonds. The molecule has 0 aliphatic carbocycles. The number of rotatable bonds is 8. The molecule has 0 aromatic heterocycles. The van der Waals surface area contributed by atoms with E-state index in [1.54, 1.807) is 0 Å². The third-order valence-corrected chi connectivity index (χ3v) is 5.13. The first-order valence-corrected chi connectivity index (χ1v) is 9.94. The Kier molecular flexibility index (Phi) is 7.05. The van der Waals surface area contributed by atoms with Gasteiger partial charge in [-0.2, -0.15) is 0 Å². The predicted molar refractivity (Wildman–Crippen MR) is 101 cm³/mol. The number of sulfonamides is 1. The number of benzene rings is 2. The van der Waals surface area contributed by atoms with Crippen LogP contribution in [0.2, 0.25) is 0 Å². The second kappa shape index (κ2) is 9.07. The Morgan fingerprint density at radius 1 is 1.04 bits per heavy atom. The lowest BCUT2D eigenvalue weighted by Crippen LogP contribution is -2.13. The molecule has 0 saturated heterocycles. The van der Waals surface area contributed by atoms with E-state index < -0.39 is 16.0 Å². The smallest absolute Gasteiger partial charge is 0.338 e. The van der Waals surface area contributed by atoms with Gasteiger partial charge in [0.15, 0.2) is 0 Å². The van der Waals surface area contributed by atoms with Crippen LogP contribution in [-0.4, -0.2) is 41.8 Å². The lowest BCUT2D eigenvalue weighted by molar-refractivity contribution is 0.0449. The fourth-order valence-electron chi connectivity index (χ4n) is 2.09. The summed E-state index contributed by atoms with van der Waals surface area (Å²) >= 11 is 3.32. The molecular formula is C17H18BrNO7S. The van der Waals surface area contributed by atoms with Crippen molar-refractivity contribution in [2.75, 3.05) is 27.4 Å². The van der Waals surface area contributed by atoms with Crippen molar-refractivity contribution in [2.24, 2.45) is 5.14 Å². The number of carbonyl (C=O) groups is 1. The van der Waals surface area contributed by atoms with E-state index in [2.05, 4.69) is 15.9 Å². The van der Waals surface area contributed by atoms with Gasteiger partial charge in [0.2, 0.25) is 10.0 Å². The Morgan fingerprint density at radius 3 is 2.07 bits per heavy atom. The molecule has 2 aromatic carbocycles. The molecule has 0 bridgehead atoms. The molecular weight excluding hydrogens is 442 g/mol. The van der Waals surface area contributed by atoms with Gasteiger partial charge in [0.1, 0.15) is 34.9 Å². The van der Waals surface area contributed by atoms with Gasteiger partial charge < -0.3 is 18.9 Å². The van der Waals surface area contributed by atoms with Gasteiger partial charge in [0.25, 0.3) is 0 Å². The Hall–Kier alpha value is -2.30. The molecule has 8 nitrogen and oxygen atoms in total. The SMILES string of the molecule is COc1cc(C(=O)OCCOc2ccc(S(N)(=O)=O)cc2)cc(OC)c1Br. The van der Waals surface area contributed by atoms with Crippen molar-refractivity contribution in [3.63, 3.8) is 0 Å². The van der Waals surface area contributed by atoms with Crippen molar-refractivity contribution < 1.29 is 32.2 Å². The first-order valence-electron chi connectivity index (χ1n) is 7.60. The molecule has 0 radical (unpaired) electrons. The zero-order valence-electron chi connectivity index (χ0n) is 14.6. The van der Waals surface area contributed by atoms with Crippen LogP contribution in [0.25, 0.3) is 0 Å². The molecule has 10 heteroatoms. The highest BCUT2D eigenvalue weighted by Gasteiger charge is 2.15. The second-order valence-corrected chi connectivity index (χ2v) is 7.55. The summed E-state index contributed by atoms with van der Waals surface area (Å²) < 4.78 is 43.9. The minimum absolute atomic E-state index is 0.00350. The van der Waals surface area contributed by atoms with E-state index in [1.807, 2.05) is 0 Å². The molecule has 0 fully saturated rings. The van der Waals surface area contributed by atoms with Gasteiger partial charge in [-0.25, -0.2) is 18.4 Å². The predicted octanol–water partition coefficient (Wildman–Crippen LogP) is 2.35. The van der Waals surface area contributed by atoms with Gasteiger partial charge in [-0.05, 0) is 52.3 Å². The second-order valence-electron chi connectivity index (χ2n) is 5.20. The molecule has 146 valence electrons. The third kappa shape index (κ3) is 5.59. The Balaban J connectivity index is 1.91. The third-order valence-electron chi connectivity index (χ3n) is 3.42. The summed E-state index contributed by atoms with van der Waals surface area (Å²) in [6.07, 6.45) is 0. The number of primary sulfonamides is 1. The van der Waals surface area contributed by atoms with Crippen molar-refractivity contribution in [1.82, 2.24) is 0 Å². The first kappa shape index (κ1) is 21.0. The highest BCUT2D eigenvalue weighted by atomic mass is 79.9. The summed E-state index contributed by atoms with van der Waals surface area (Å²) in [5.74, 6) is 0.734. The fourth-order valence-corrected chi connectivity index (χ4v) is 3.16. The van der Waals surface area contributed by atoms with Crippen LogP contribution in [0.3, 0.4) is 0 Å². The van der Waals surface area contributed by atoms with Gasteiger partial charge in [-0.3, -0.25) is 0 Å². The van der Waals surface area contributed by atoms with Gasteiger partial charge in [0.05, 0.1) is 24.7 Å². The average Bonchev–Trinajstić information content (AvgIpc) is 2.64. The molecule has 0 aliphatic rings. The molecule has 0 atom stereocenters. The summed E-state index contributed by atoms with van der Waals surface area (Å²) in [5.41, 5.74) is 0.268. The van der Waals surface area contributed by atoms with Crippen molar-refractivity contribution in [1.29, 1.82) is 0 Å². The normalized spacial score (nSPS) is 11.0. The standard InChI is InChI=1S/C17H18BrNO7S/c1-23-14-9-11(10-15(24-2)16(14)18)17(20)26-8-7-25-12-3-5-13(6-4-12)27(19,21)22/h3-6,9-10H,7-8H2,1-2H3,(H2,19,21,22). The minimum Gasteiger partial charge on any atom is -0.495 e. The Labute approximate surface area is 165 Å². The van der Waals surface area contributed by atoms with Crippen LogP contribution in [0.4, 0.5) is 0 Å². The van der Waals surface area contributed by atoms with Crippen LogP contribution in [0.1, 0.15) is 10.4 Å². The van der Waals surface area contributed by atoms with Crippen molar-refractivity contribution in [2.45, 2.75) is 4.90 Å². The molecule has 0 saturated carbocycles. The summed E-state index contributed by atoms with van der Waals surface area (Å²) in [7, 11) is -0.798. The van der Waals surface area contributed by atoms with Crippen LogP contribution in [0, 0.1) is 0 Å². The first-order chi connectivity index (χ1) is 12.8. The van der Waals surface area contributed by atoms with Crippen LogP contribution in [-0.2, 0) is 14.8 Å². The van der Waals surface area contributed by atoms with E-state index in [9.17, 15) is 13.2 Å². The molecule has 0 spiro atoms. The zero-order valence-corrected chi connectivity index (χ0v) is 17.0. The maximum atomic E-state index is 12.2. The molecule has 0 unspecified atom stereocenters. The summed E-state index contributed by atoms with van der Waals surface area (Å²) in [6.45, 7) is 0.0850. The van der Waals surface area contributed by atoms with Crippen LogP contribution in [0.15, 0.2) is 45.8 Å². The Bertz CT molecular complexity index is 888. The summed E-state index contributed by atoms with van der Waals surface area (Å²) in [4.78, 5) is 12.2. The highest BCUT2D eigenvalue weighted by Crippen LogP contribution is 2.35. The van der Waals surface area contributed by atoms with Crippen LogP contribution >= 0.6 is 15.9 Å². The van der Waals surface area contributed by atoms with Crippen molar-refractivity contribution in [3.05, 3.63) is 46.4 Å². The van der Waals surface area contributed by atoms with E-state index in [4.69, 9.17) is 24.1 Å². The number of ether oxygens (including phenoxy) is 4. The number of methoxy groups -OCH3 is 2. The monoisotopic (exact) mass is 459 g/mol. The maximum absolute atomic E-state index is 12.2. The zero-order chi connectivity index (χ0) is 20.0. The van der Waals surface area contributed by atoms with E-state index in [1.165, 1.54) is 50.6 Å². The topological polar surface area (TPSA) is 114 Å². The van der Waals surface area contributed by atoms with Gasteiger partial charge in [0, 0.05) is 0 Å². The summed E-state index contributed by atoms with van der Waals surface area (Å²) in [5, 5.41) is 5.02. The van der Waals surface area contributed by atoms with Gasteiger partial charge in [-0.15, -0.1) is 0 Å².